The number of aliphatic carboxylic acids is 1. The van der Waals surface area contributed by atoms with Gasteiger partial charge in [-0.25, -0.2) is 0 Å². The van der Waals surface area contributed by atoms with E-state index in [0.29, 0.717) is 6.61 Å². The molecule has 0 amide bonds. The predicted octanol–water partition coefficient (Wildman–Crippen LogP) is 6.61. The molecule has 5 heteroatoms. The summed E-state index contributed by atoms with van der Waals surface area (Å²) in [6.45, 7) is 4.54. The summed E-state index contributed by atoms with van der Waals surface area (Å²) in [7, 11) is 1.72. The minimum atomic E-state index is -0.864. The maximum absolute atomic E-state index is 11.3. The lowest BCUT2D eigenvalue weighted by atomic mass is 9.95. The number of hydrogen-bond donors (Lipinski definition) is 2. The maximum atomic E-state index is 11.3. The van der Waals surface area contributed by atoms with Crippen molar-refractivity contribution < 1.29 is 19.4 Å². The molecular weight excluding hydrogens is 462 g/mol. The van der Waals surface area contributed by atoms with Gasteiger partial charge in [-0.2, -0.15) is 0 Å². The molecule has 0 aliphatic heterocycles. The van der Waals surface area contributed by atoms with Crippen molar-refractivity contribution in [3.63, 3.8) is 0 Å². The van der Waals surface area contributed by atoms with Gasteiger partial charge in [0, 0.05) is 31.2 Å². The van der Waals surface area contributed by atoms with Crippen LogP contribution >= 0.6 is 0 Å². The van der Waals surface area contributed by atoms with Crippen molar-refractivity contribution >= 4 is 16.9 Å². The Morgan fingerprint density at radius 2 is 1.81 bits per heavy atom. The number of benzene rings is 3. The first-order chi connectivity index (χ1) is 18.0. The van der Waals surface area contributed by atoms with Gasteiger partial charge >= 0.3 is 5.97 Å². The van der Waals surface area contributed by atoms with Gasteiger partial charge in [-0.15, -0.1) is 5.92 Å². The highest BCUT2D eigenvalue weighted by Crippen LogP contribution is 2.33. The van der Waals surface area contributed by atoms with Crippen molar-refractivity contribution in [1.82, 2.24) is 4.98 Å². The number of rotatable bonds is 11. The van der Waals surface area contributed by atoms with Crippen LogP contribution in [0.4, 0.5) is 0 Å². The quantitative estimate of drug-likeness (QED) is 0.230. The number of aromatic amines is 1. The standard InChI is InChI=1S/C32H33NO4/c1-4-8-25(21-31(34)35)24-11-14-28(15-12-24)37-30(19-23-9-6-5-7-10-23)29-16-13-26-20-27(17-18-36-3)33-32(26)22(29)2/h5-7,9-16,20,25,30,33H,17-19,21H2,1-3H3,(H,34,35). The van der Waals surface area contributed by atoms with Gasteiger partial charge in [0.25, 0.3) is 0 Å². The number of hydrogen-bond acceptors (Lipinski definition) is 3. The monoisotopic (exact) mass is 495 g/mol. The number of H-pyrrole nitrogens is 1. The Hall–Kier alpha value is -4.01. The summed E-state index contributed by atoms with van der Waals surface area (Å²) in [6, 6.07) is 24.5. The molecule has 0 aliphatic rings. The number of aromatic nitrogens is 1. The van der Waals surface area contributed by atoms with Gasteiger partial charge in [0.15, 0.2) is 0 Å². The molecule has 0 fully saturated rings. The highest BCUT2D eigenvalue weighted by molar-refractivity contribution is 5.84. The molecule has 0 saturated carbocycles. The molecule has 5 nitrogen and oxygen atoms in total. The van der Waals surface area contributed by atoms with Crippen LogP contribution in [0.5, 0.6) is 5.75 Å². The van der Waals surface area contributed by atoms with E-state index in [1.165, 1.54) is 16.5 Å². The normalized spacial score (nSPS) is 12.5. The zero-order chi connectivity index (χ0) is 26.2. The van der Waals surface area contributed by atoms with Crippen LogP contribution in [0, 0.1) is 18.8 Å². The molecule has 0 spiro atoms. The third kappa shape index (κ3) is 6.61. The molecule has 0 saturated heterocycles. The van der Waals surface area contributed by atoms with E-state index in [2.05, 4.69) is 54.1 Å². The van der Waals surface area contributed by atoms with Crippen LogP contribution in [0.25, 0.3) is 10.9 Å². The average molecular weight is 496 g/mol. The molecule has 0 radical (unpaired) electrons. The fraction of sp³-hybridized carbons (Fsp3) is 0.281. The number of carbonyl (C=O) groups is 1. The van der Waals surface area contributed by atoms with E-state index < -0.39 is 5.97 Å². The van der Waals surface area contributed by atoms with Crippen LogP contribution in [-0.4, -0.2) is 29.8 Å². The van der Waals surface area contributed by atoms with Gasteiger partial charge in [-0.1, -0.05) is 60.5 Å². The van der Waals surface area contributed by atoms with Gasteiger partial charge in [-0.05, 0) is 59.7 Å². The van der Waals surface area contributed by atoms with Crippen molar-refractivity contribution in [1.29, 1.82) is 0 Å². The lowest BCUT2D eigenvalue weighted by molar-refractivity contribution is -0.137. The van der Waals surface area contributed by atoms with E-state index >= 15 is 0 Å². The van der Waals surface area contributed by atoms with E-state index in [0.717, 1.165) is 40.9 Å². The molecule has 3 aromatic carbocycles. The zero-order valence-corrected chi connectivity index (χ0v) is 21.6. The molecule has 2 N–H and O–H groups in total. The number of nitrogens with one attached hydrogen (secondary N) is 1. The van der Waals surface area contributed by atoms with Crippen molar-refractivity contribution in [2.45, 2.75) is 45.1 Å². The van der Waals surface area contributed by atoms with Gasteiger partial charge < -0.3 is 19.6 Å². The largest absolute Gasteiger partial charge is 0.485 e. The molecule has 2 atom stereocenters. The summed E-state index contributed by atoms with van der Waals surface area (Å²) >= 11 is 0. The van der Waals surface area contributed by atoms with Crippen LogP contribution in [-0.2, 0) is 22.4 Å². The minimum absolute atomic E-state index is 0.0284. The van der Waals surface area contributed by atoms with Gasteiger partial charge in [-0.3, -0.25) is 4.79 Å². The van der Waals surface area contributed by atoms with Crippen LogP contribution in [0.1, 0.15) is 53.3 Å². The van der Waals surface area contributed by atoms with Crippen LogP contribution in [0.2, 0.25) is 0 Å². The third-order valence-electron chi connectivity index (χ3n) is 6.60. The molecule has 37 heavy (non-hydrogen) atoms. The number of fused-ring (bicyclic) bond motifs is 1. The Labute approximate surface area is 218 Å². The SMILES string of the molecule is CC#CC(CC(=O)O)c1ccc(OC(Cc2ccccc2)c2ccc3cc(CCOC)[nH]c3c2C)cc1. The highest BCUT2D eigenvalue weighted by atomic mass is 16.5. The first-order valence-electron chi connectivity index (χ1n) is 12.5. The zero-order valence-electron chi connectivity index (χ0n) is 21.6. The Morgan fingerprint density at radius 1 is 1.05 bits per heavy atom. The van der Waals surface area contributed by atoms with E-state index in [1.807, 2.05) is 42.5 Å². The van der Waals surface area contributed by atoms with Crippen molar-refractivity contribution in [3.05, 3.63) is 101 Å². The molecular formula is C32H33NO4. The molecule has 1 heterocycles. The van der Waals surface area contributed by atoms with Crippen LogP contribution in [0.3, 0.4) is 0 Å². The number of aryl methyl sites for hydroxylation is 1. The second-order valence-electron chi connectivity index (χ2n) is 9.19. The van der Waals surface area contributed by atoms with Crippen LogP contribution < -0.4 is 4.74 Å². The summed E-state index contributed by atoms with van der Waals surface area (Å²) in [4.78, 5) is 14.9. The molecule has 4 aromatic rings. The minimum Gasteiger partial charge on any atom is -0.485 e. The van der Waals surface area contributed by atoms with E-state index in [4.69, 9.17) is 9.47 Å². The Morgan fingerprint density at radius 3 is 2.49 bits per heavy atom. The summed E-state index contributed by atoms with van der Waals surface area (Å²) in [5, 5.41) is 10.4. The van der Waals surface area contributed by atoms with E-state index in [-0.39, 0.29) is 18.4 Å². The summed E-state index contributed by atoms with van der Waals surface area (Å²) in [5.41, 5.74) is 6.63. The first kappa shape index (κ1) is 26.1. The molecule has 4 rings (SSSR count). The fourth-order valence-corrected chi connectivity index (χ4v) is 4.70. The molecule has 1 aromatic heterocycles. The lowest BCUT2D eigenvalue weighted by Crippen LogP contribution is -2.13. The van der Waals surface area contributed by atoms with Crippen molar-refractivity contribution in [2.24, 2.45) is 0 Å². The van der Waals surface area contributed by atoms with Crippen LogP contribution in [0.15, 0.2) is 72.8 Å². The Bertz CT molecular complexity index is 1390. The van der Waals surface area contributed by atoms with Gasteiger partial charge in [0.05, 0.1) is 18.9 Å². The van der Waals surface area contributed by atoms with Crippen molar-refractivity contribution in [3.8, 4) is 17.6 Å². The van der Waals surface area contributed by atoms with Gasteiger partial charge in [0.1, 0.15) is 11.9 Å². The summed E-state index contributed by atoms with van der Waals surface area (Å²) in [6.07, 6.45) is 1.32. The molecule has 0 bridgehead atoms. The molecule has 2 unspecified atom stereocenters. The smallest absolute Gasteiger partial charge is 0.304 e. The molecule has 190 valence electrons. The van der Waals surface area contributed by atoms with E-state index in [1.54, 1.807) is 14.0 Å². The fourth-order valence-electron chi connectivity index (χ4n) is 4.70. The number of ether oxygens (including phenoxy) is 2. The second-order valence-corrected chi connectivity index (χ2v) is 9.19. The number of carboxylic acid groups (broad SMARTS) is 1. The Kier molecular flexibility index (Phi) is 8.66. The number of methoxy groups -OCH3 is 1. The van der Waals surface area contributed by atoms with Crippen molar-refractivity contribution in [2.75, 3.05) is 13.7 Å². The third-order valence-corrected chi connectivity index (χ3v) is 6.60. The predicted molar refractivity (Wildman–Crippen MR) is 147 cm³/mol. The maximum Gasteiger partial charge on any atom is 0.304 e. The topological polar surface area (TPSA) is 71.6 Å². The highest BCUT2D eigenvalue weighted by Gasteiger charge is 2.20. The van der Waals surface area contributed by atoms with E-state index in [9.17, 15) is 9.90 Å². The summed E-state index contributed by atoms with van der Waals surface area (Å²) < 4.78 is 11.8. The summed E-state index contributed by atoms with van der Waals surface area (Å²) in [5.74, 6) is 5.37. The first-order valence-corrected chi connectivity index (χ1v) is 12.5. The lowest BCUT2D eigenvalue weighted by Gasteiger charge is -2.22. The number of carboxylic acids is 1. The Balaban J connectivity index is 1.65. The average Bonchev–Trinajstić information content (AvgIpc) is 3.32. The second kappa shape index (κ2) is 12.3. The molecule has 0 aliphatic carbocycles. The van der Waals surface area contributed by atoms with Gasteiger partial charge in [0.2, 0.25) is 0 Å².